The number of imide groups is 1. The van der Waals surface area contributed by atoms with Crippen molar-refractivity contribution >= 4 is 23.6 Å². The molecule has 2 aromatic carbocycles. The molecule has 0 bridgehead atoms. The lowest BCUT2D eigenvalue weighted by molar-refractivity contribution is -0.140. The van der Waals surface area contributed by atoms with Crippen molar-refractivity contribution in [2.75, 3.05) is 12.0 Å². The van der Waals surface area contributed by atoms with Crippen LogP contribution in [-0.2, 0) is 33.5 Å². The smallest absolute Gasteiger partial charge is 0.419 e. The van der Waals surface area contributed by atoms with Gasteiger partial charge in [-0.1, -0.05) is 42.5 Å². The predicted molar refractivity (Wildman–Crippen MR) is 131 cm³/mol. The van der Waals surface area contributed by atoms with Crippen LogP contribution in [0.4, 0.5) is 28.0 Å². The second-order valence-electron chi connectivity index (χ2n) is 9.71. The van der Waals surface area contributed by atoms with E-state index in [9.17, 15) is 31.9 Å². The van der Waals surface area contributed by atoms with Gasteiger partial charge in [0.05, 0.1) is 23.9 Å². The summed E-state index contributed by atoms with van der Waals surface area (Å²) in [5, 5.41) is 0. The molecule has 6 nitrogen and oxygen atoms in total. The summed E-state index contributed by atoms with van der Waals surface area (Å²) in [5.41, 5.74) is -1.09. The van der Waals surface area contributed by atoms with Gasteiger partial charge in [0.15, 0.2) is 0 Å². The van der Waals surface area contributed by atoms with Crippen molar-refractivity contribution in [3.8, 4) is 0 Å². The number of nitrogens with zero attached hydrogens (tertiary/aromatic N) is 2. The number of anilines is 1. The van der Waals surface area contributed by atoms with E-state index >= 15 is 0 Å². The predicted octanol–water partition coefficient (Wildman–Crippen LogP) is 5.81. The SMILES string of the molecule is COC(=O)C1=CCC(Cc2ccccc2CN2C(=O)N(c3ccc(F)c(C(F)(F)F)c3)C(=O)C2(C)C)C=C1. The van der Waals surface area contributed by atoms with Crippen molar-refractivity contribution < 1.29 is 36.7 Å². The van der Waals surface area contributed by atoms with E-state index in [1.54, 1.807) is 18.2 Å². The molecule has 1 aliphatic carbocycles. The Morgan fingerprint density at radius 2 is 1.79 bits per heavy atom. The topological polar surface area (TPSA) is 66.9 Å². The summed E-state index contributed by atoms with van der Waals surface area (Å²) in [6.07, 6.45) is 1.67. The Balaban J connectivity index is 1.58. The first kappa shape index (κ1) is 27.1. The maximum Gasteiger partial charge on any atom is 0.419 e. The number of allylic oxidation sites excluding steroid dienone is 2. The van der Waals surface area contributed by atoms with Crippen molar-refractivity contribution in [1.82, 2.24) is 4.90 Å². The van der Waals surface area contributed by atoms with Crippen LogP contribution >= 0.6 is 0 Å². The van der Waals surface area contributed by atoms with Crippen LogP contribution in [0.5, 0.6) is 0 Å². The molecule has 1 aliphatic heterocycles. The van der Waals surface area contributed by atoms with Gasteiger partial charge >= 0.3 is 18.2 Å². The second kappa shape index (κ2) is 10.1. The normalized spacial score (nSPS) is 19.1. The zero-order valence-electron chi connectivity index (χ0n) is 21.0. The molecule has 2 aliphatic rings. The van der Waals surface area contributed by atoms with Gasteiger partial charge in [-0.15, -0.1) is 0 Å². The van der Waals surface area contributed by atoms with Crippen molar-refractivity contribution in [3.63, 3.8) is 0 Å². The number of methoxy groups -OCH3 is 1. The van der Waals surface area contributed by atoms with E-state index in [1.165, 1.54) is 25.9 Å². The zero-order valence-corrected chi connectivity index (χ0v) is 21.0. The van der Waals surface area contributed by atoms with Gasteiger partial charge in [-0.3, -0.25) is 4.79 Å². The summed E-state index contributed by atoms with van der Waals surface area (Å²) in [7, 11) is 1.32. The Morgan fingerprint density at radius 3 is 2.39 bits per heavy atom. The van der Waals surface area contributed by atoms with Gasteiger partial charge in [-0.2, -0.15) is 13.2 Å². The van der Waals surface area contributed by atoms with Crippen LogP contribution in [0, 0.1) is 11.7 Å². The molecule has 200 valence electrons. The number of halogens is 4. The van der Waals surface area contributed by atoms with Crippen LogP contribution in [0.2, 0.25) is 0 Å². The van der Waals surface area contributed by atoms with Crippen molar-refractivity contribution in [2.45, 2.75) is 44.9 Å². The molecule has 1 atom stereocenters. The molecule has 2 aromatic rings. The number of hydrogen-bond acceptors (Lipinski definition) is 4. The lowest BCUT2D eigenvalue weighted by Crippen LogP contribution is -2.43. The molecule has 3 amide bonds. The average molecular weight is 531 g/mol. The number of ether oxygens (including phenoxy) is 1. The lowest BCUT2D eigenvalue weighted by atomic mass is 9.88. The third kappa shape index (κ3) is 5.07. The fraction of sp³-hybridized carbons (Fsp3) is 0.321. The van der Waals surface area contributed by atoms with Crippen LogP contribution in [0.1, 0.15) is 37.0 Å². The van der Waals surface area contributed by atoms with Crippen LogP contribution in [-0.4, -0.2) is 35.5 Å². The van der Waals surface area contributed by atoms with Gasteiger partial charge in [-0.25, -0.2) is 18.9 Å². The Kier molecular flexibility index (Phi) is 7.18. The number of alkyl halides is 3. The number of rotatable bonds is 6. The molecule has 0 aromatic heterocycles. The van der Waals surface area contributed by atoms with Crippen LogP contribution in [0.3, 0.4) is 0 Å². The lowest BCUT2D eigenvalue weighted by Gasteiger charge is -2.29. The van der Waals surface area contributed by atoms with E-state index in [0.29, 0.717) is 35.4 Å². The van der Waals surface area contributed by atoms with Crippen LogP contribution in [0.25, 0.3) is 0 Å². The number of carbonyl (C=O) groups is 3. The first-order valence-corrected chi connectivity index (χ1v) is 11.9. The third-order valence-electron chi connectivity index (χ3n) is 6.88. The fourth-order valence-electron chi connectivity index (χ4n) is 4.65. The Hall–Kier alpha value is -3.95. The maximum absolute atomic E-state index is 13.8. The summed E-state index contributed by atoms with van der Waals surface area (Å²) < 4.78 is 58.4. The molecule has 1 unspecified atom stereocenters. The molecule has 10 heteroatoms. The van der Waals surface area contributed by atoms with Gasteiger partial charge in [0.1, 0.15) is 11.4 Å². The largest absolute Gasteiger partial charge is 0.465 e. The molecule has 1 fully saturated rings. The molecule has 0 N–H and O–H groups in total. The quantitative estimate of drug-likeness (QED) is 0.269. The van der Waals surface area contributed by atoms with E-state index in [4.69, 9.17) is 4.74 Å². The van der Waals surface area contributed by atoms with Crippen LogP contribution in [0.15, 0.2) is 66.3 Å². The van der Waals surface area contributed by atoms with Gasteiger partial charge in [-0.05, 0) is 61.9 Å². The molecular formula is C28H26F4N2O4. The molecule has 0 radical (unpaired) electrons. The van der Waals surface area contributed by atoms with Crippen molar-refractivity contribution in [1.29, 1.82) is 0 Å². The maximum atomic E-state index is 13.8. The molecule has 1 heterocycles. The first-order valence-electron chi connectivity index (χ1n) is 11.9. The third-order valence-corrected chi connectivity index (χ3v) is 6.88. The highest BCUT2D eigenvalue weighted by atomic mass is 19.4. The molecular weight excluding hydrogens is 504 g/mol. The number of amides is 3. The highest BCUT2D eigenvalue weighted by Gasteiger charge is 2.52. The Morgan fingerprint density at radius 1 is 1.11 bits per heavy atom. The Labute approximate surface area is 217 Å². The van der Waals surface area contributed by atoms with Gasteiger partial charge < -0.3 is 9.64 Å². The van der Waals surface area contributed by atoms with E-state index < -0.39 is 41.0 Å². The minimum atomic E-state index is -4.99. The molecule has 0 spiro atoms. The molecule has 1 saturated heterocycles. The van der Waals surface area contributed by atoms with E-state index in [1.807, 2.05) is 24.3 Å². The first-order chi connectivity index (χ1) is 17.8. The molecule has 4 rings (SSSR count). The summed E-state index contributed by atoms with van der Waals surface area (Å²) in [6.45, 7) is 3.08. The zero-order chi connectivity index (χ0) is 27.8. The van der Waals surface area contributed by atoms with Gasteiger partial charge in [0.25, 0.3) is 5.91 Å². The summed E-state index contributed by atoms with van der Waals surface area (Å²) in [6, 6.07) is 8.66. The van der Waals surface area contributed by atoms with Crippen LogP contribution < -0.4 is 4.90 Å². The highest BCUT2D eigenvalue weighted by molar-refractivity contribution is 6.23. The Bertz CT molecular complexity index is 1350. The van der Waals surface area contributed by atoms with E-state index in [2.05, 4.69) is 0 Å². The second-order valence-corrected chi connectivity index (χ2v) is 9.71. The summed E-state index contributed by atoms with van der Waals surface area (Å²) in [4.78, 5) is 40.3. The molecule has 38 heavy (non-hydrogen) atoms. The average Bonchev–Trinajstić information content (AvgIpc) is 3.04. The van der Waals surface area contributed by atoms with E-state index in [0.717, 1.165) is 17.2 Å². The van der Waals surface area contributed by atoms with Crippen molar-refractivity contribution in [2.24, 2.45) is 5.92 Å². The number of urea groups is 1. The minimum Gasteiger partial charge on any atom is -0.465 e. The standard InChI is InChI=1S/C28H26F4N2O4/c1-27(2)25(36)34(21-12-13-23(29)22(15-21)28(30,31)32)26(37)33(27)16-20-7-5-4-6-19(20)14-17-8-10-18(11-9-17)24(35)38-3/h4-8,10-13,15,17H,9,14,16H2,1-3H3. The van der Waals surface area contributed by atoms with Gasteiger partial charge in [0, 0.05) is 6.54 Å². The summed E-state index contributed by atoms with van der Waals surface area (Å²) >= 11 is 0. The fourth-order valence-corrected chi connectivity index (χ4v) is 4.65. The van der Waals surface area contributed by atoms with Gasteiger partial charge in [0.2, 0.25) is 0 Å². The minimum absolute atomic E-state index is 0.0389. The van der Waals surface area contributed by atoms with Crippen molar-refractivity contribution in [3.05, 3.63) is 88.8 Å². The highest BCUT2D eigenvalue weighted by Crippen LogP contribution is 2.38. The molecule has 0 saturated carbocycles. The number of esters is 1. The number of benzene rings is 2. The summed E-state index contributed by atoms with van der Waals surface area (Å²) in [5.74, 6) is -2.52. The monoisotopic (exact) mass is 530 g/mol. The number of hydrogen-bond donors (Lipinski definition) is 0. The number of carbonyl (C=O) groups excluding carboxylic acids is 3. The van der Waals surface area contributed by atoms with E-state index in [-0.39, 0.29) is 18.2 Å².